The molecule has 0 aromatic carbocycles. The Morgan fingerprint density at radius 3 is 3.00 bits per heavy atom. The van der Waals surface area contributed by atoms with Gasteiger partial charge in [0.25, 0.3) is 0 Å². The van der Waals surface area contributed by atoms with E-state index in [0.29, 0.717) is 0 Å². The zero-order valence-corrected chi connectivity index (χ0v) is 10.7. The molecule has 1 aliphatic rings. The molecule has 0 aliphatic heterocycles. The van der Waals surface area contributed by atoms with Crippen molar-refractivity contribution in [1.29, 1.82) is 0 Å². The van der Waals surface area contributed by atoms with Gasteiger partial charge in [-0.2, -0.15) is 0 Å². The van der Waals surface area contributed by atoms with Gasteiger partial charge in [-0.3, -0.25) is 0 Å². The monoisotopic (exact) mass is 220 g/mol. The normalized spacial score (nSPS) is 17.9. The maximum atomic E-state index is 2.34. The summed E-state index contributed by atoms with van der Waals surface area (Å²) in [5.41, 5.74) is 2.92. The van der Waals surface area contributed by atoms with E-state index in [1.54, 1.807) is 5.57 Å². The summed E-state index contributed by atoms with van der Waals surface area (Å²) in [6.45, 7) is 4.22. The molecular formula is C14H20S. The lowest BCUT2D eigenvalue weighted by molar-refractivity contribution is 0.920. The topological polar surface area (TPSA) is 0 Å². The zero-order valence-electron chi connectivity index (χ0n) is 9.92. The predicted molar refractivity (Wildman–Crippen MR) is 72.1 cm³/mol. The third-order valence-electron chi connectivity index (χ3n) is 2.51. The van der Waals surface area contributed by atoms with Crippen LogP contribution in [0, 0.1) is 0 Å². The van der Waals surface area contributed by atoms with Gasteiger partial charge in [0.15, 0.2) is 0 Å². The van der Waals surface area contributed by atoms with Crippen LogP contribution >= 0.6 is 11.8 Å². The molecule has 0 N–H and O–H groups in total. The van der Waals surface area contributed by atoms with Gasteiger partial charge in [-0.25, -0.2) is 0 Å². The molecule has 1 rings (SSSR count). The van der Waals surface area contributed by atoms with Crippen LogP contribution in [-0.4, -0.2) is 6.26 Å². The van der Waals surface area contributed by atoms with Gasteiger partial charge >= 0.3 is 0 Å². The van der Waals surface area contributed by atoms with Crippen molar-refractivity contribution in [1.82, 2.24) is 0 Å². The van der Waals surface area contributed by atoms with E-state index < -0.39 is 0 Å². The van der Waals surface area contributed by atoms with Crippen LogP contribution in [0.2, 0.25) is 0 Å². The van der Waals surface area contributed by atoms with Crippen molar-refractivity contribution in [2.24, 2.45) is 0 Å². The van der Waals surface area contributed by atoms with Crippen molar-refractivity contribution < 1.29 is 0 Å². The summed E-state index contributed by atoms with van der Waals surface area (Å²) < 4.78 is 0. The first kappa shape index (κ1) is 12.4. The summed E-state index contributed by atoms with van der Waals surface area (Å²) in [4.78, 5) is 1.42. The Hall–Kier alpha value is -0.690. The minimum atomic E-state index is 1.11. The highest BCUT2D eigenvalue weighted by molar-refractivity contribution is 8.02. The molecule has 82 valence electrons. The van der Waals surface area contributed by atoms with Crippen LogP contribution in [0.5, 0.6) is 0 Å². The molecule has 0 saturated heterocycles. The lowest BCUT2D eigenvalue weighted by Gasteiger charge is -2.10. The van der Waals surface area contributed by atoms with Gasteiger partial charge < -0.3 is 0 Å². The Kier molecular flexibility index (Phi) is 5.56. The number of thioether (sulfide) groups is 1. The third kappa shape index (κ3) is 4.57. The molecule has 0 bridgehead atoms. The maximum absolute atomic E-state index is 2.34. The fourth-order valence-electron chi connectivity index (χ4n) is 1.66. The molecule has 15 heavy (non-hydrogen) atoms. The van der Waals surface area contributed by atoms with Gasteiger partial charge in [0.1, 0.15) is 0 Å². The van der Waals surface area contributed by atoms with E-state index >= 15 is 0 Å². The molecule has 0 saturated carbocycles. The van der Waals surface area contributed by atoms with Crippen molar-refractivity contribution in [2.45, 2.75) is 33.1 Å². The fourth-order valence-corrected chi connectivity index (χ4v) is 2.23. The van der Waals surface area contributed by atoms with E-state index in [4.69, 9.17) is 0 Å². The number of hydrogen-bond acceptors (Lipinski definition) is 1. The molecule has 0 amide bonds. The minimum Gasteiger partial charge on any atom is -0.130 e. The molecule has 1 aliphatic carbocycles. The summed E-state index contributed by atoms with van der Waals surface area (Å²) in [5, 5.41) is 0. The van der Waals surface area contributed by atoms with Crippen LogP contribution < -0.4 is 0 Å². The molecule has 0 heterocycles. The summed E-state index contributed by atoms with van der Waals surface area (Å²) in [6.07, 6.45) is 16.9. The van der Waals surface area contributed by atoms with Gasteiger partial charge in [0.2, 0.25) is 0 Å². The Bertz CT molecular complexity index is 316. The van der Waals surface area contributed by atoms with Crippen LogP contribution in [0.3, 0.4) is 0 Å². The quantitative estimate of drug-likeness (QED) is 0.609. The van der Waals surface area contributed by atoms with Crippen molar-refractivity contribution in [3.05, 3.63) is 46.4 Å². The predicted octanol–water partition coefficient (Wildman–Crippen LogP) is 4.87. The molecule has 0 spiro atoms. The van der Waals surface area contributed by atoms with Gasteiger partial charge in [0.05, 0.1) is 0 Å². The van der Waals surface area contributed by atoms with Crippen LogP contribution in [0.15, 0.2) is 46.4 Å². The van der Waals surface area contributed by atoms with Gasteiger partial charge in [-0.1, -0.05) is 35.5 Å². The lowest BCUT2D eigenvalue weighted by atomic mass is 10.0. The molecule has 0 aromatic rings. The summed E-state index contributed by atoms with van der Waals surface area (Å²) in [7, 11) is 0. The van der Waals surface area contributed by atoms with E-state index in [-0.39, 0.29) is 0 Å². The zero-order chi connectivity index (χ0) is 11.1. The third-order valence-corrected chi connectivity index (χ3v) is 3.26. The van der Waals surface area contributed by atoms with Crippen molar-refractivity contribution >= 4 is 11.8 Å². The van der Waals surface area contributed by atoms with E-state index in [1.807, 2.05) is 11.8 Å². The van der Waals surface area contributed by atoms with Crippen LogP contribution in [0.1, 0.15) is 33.1 Å². The highest BCUT2D eigenvalue weighted by Crippen LogP contribution is 2.26. The van der Waals surface area contributed by atoms with Crippen molar-refractivity contribution in [2.75, 3.05) is 6.26 Å². The van der Waals surface area contributed by atoms with Crippen molar-refractivity contribution in [3.63, 3.8) is 0 Å². The molecule has 0 fully saturated rings. The summed E-state index contributed by atoms with van der Waals surface area (Å²) >= 11 is 1.84. The first-order valence-corrected chi connectivity index (χ1v) is 6.71. The maximum Gasteiger partial charge on any atom is 0.00289 e. The number of rotatable bonds is 4. The van der Waals surface area contributed by atoms with Gasteiger partial charge in [0, 0.05) is 4.91 Å². The second kappa shape index (κ2) is 6.73. The molecule has 0 radical (unpaired) electrons. The molecular weight excluding hydrogens is 200 g/mol. The van der Waals surface area contributed by atoms with Crippen LogP contribution in [0.25, 0.3) is 0 Å². The molecule has 0 atom stereocenters. The highest BCUT2D eigenvalue weighted by atomic mass is 32.2. The number of allylic oxidation sites excluding steroid dienone is 7. The van der Waals surface area contributed by atoms with E-state index in [2.05, 4.69) is 50.5 Å². The fraction of sp³-hybridized carbons (Fsp3) is 0.429. The first-order chi connectivity index (χ1) is 7.26. The number of hydrogen-bond donors (Lipinski definition) is 0. The molecule has 0 unspecified atom stereocenters. The van der Waals surface area contributed by atoms with Crippen LogP contribution in [0.4, 0.5) is 0 Å². The van der Waals surface area contributed by atoms with Gasteiger partial charge in [-0.15, -0.1) is 11.8 Å². The smallest absolute Gasteiger partial charge is 0.00289 e. The minimum absolute atomic E-state index is 1.11. The SMILES string of the molecule is C/C=C\C(C)=C/CC1=CC(SC)=CCC1. The molecule has 1 heteroatoms. The van der Waals surface area contributed by atoms with E-state index in [0.717, 1.165) is 6.42 Å². The van der Waals surface area contributed by atoms with Crippen LogP contribution in [-0.2, 0) is 0 Å². The van der Waals surface area contributed by atoms with Gasteiger partial charge in [-0.05, 0) is 45.4 Å². The Morgan fingerprint density at radius 2 is 2.33 bits per heavy atom. The van der Waals surface area contributed by atoms with E-state index in [1.165, 1.54) is 23.3 Å². The summed E-state index contributed by atoms with van der Waals surface area (Å²) in [6, 6.07) is 0. The first-order valence-electron chi connectivity index (χ1n) is 5.49. The summed E-state index contributed by atoms with van der Waals surface area (Å²) in [5.74, 6) is 0. The largest absolute Gasteiger partial charge is 0.130 e. The van der Waals surface area contributed by atoms with E-state index in [9.17, 15) is 0 Å². The average Bonchev–Trinajstić information content (AvgIpc) is 2.27. The Labute approximate surface area is 97.8 Å². The Morgan fingerprint density at radius 1 is 1.53 bits per heavy atom. The lowest BCUT2D eigenvalue weighted by Crippen LogP contribution is -1.89. The second-order valence-corrected chi connectivity index (χ2v) is 4.68. The second-order valence-electron chi connectivity index (χ2n) is 3.80. The highest BCUT2D eigenvalue weighted by Gasteiger charge is 2.03. The molecule has 0 nitrogen and oxygen atoms in total. The van der Waals surface area contributed by atoms with Crippen molar-refractivity contribution in [3.8, 4) is 0 Å². The molecule has 0 aromatic heterocycles. The standard InChI is InChI=1S/C14H20S/c1-4-6-12(2)9-10-13-7-5-8-14(11-13)15-3/h4,6,8-9,11H,5,7,10H2,1-3H3/b6-4-,12-9-. The Balaban J connectivity index is 2.56. The average molecular weight is 220 g/mol.